The van der Waals surface area contributed by atoms with Gasteiger partial charge >= 0.3 is 6.09 Å². The summed E-state index contributed by atoms with van der Waals surface area (Å²) in [6.07, 6.45) is 0.827. The van der Waals surface area contributed by atoms with Gasteiger partial charge in [-0.3, -0.25) is 0 Å². The first kappa shape index (κ1) is 16.7. The van der Waals surface area contributed by atoms with Gasteiger partial charge in [-0.15, -0.1) is 0 Å². The zero-order valence-corrected chi connectivity index (χ0v) is 13.7. The number of nitrogens with two attached hydrogens (primary N) is 1. The van der Waals surface area contributed by atoms with Crippen LogP contribution in [0.4, 0.5) is 9.18 Å². The average molecular weight is 308 g/mol. The van der Waals surface area contributed by atoms with Crippen molar-refractivity contribution in [3.05, 3.63) is 35.1 Å². The highest BCUT2D eigenvalue weighted by molar-refractivity contribution is 5.69. The van der Waals surface area contributed by atoms with Crippen molar-refractivity contribution in [1.29, 1.82) is 0 Å². The van der Waals surface area contributed by atoms with E-state index in [9.17, 15) is 9.18 Å². The first-order chi connectivity index (χ1) is 10.2. The number of hydrogen-bond donors (Lipinski definition) is 1. The van der Waals surface area contributed by atoms with Crippen LogP contribution >= 0.6 is 0 Å². The topological polar surface area (TPSA) is 55.6 Å². The Morgan fingerprint density at radius 2 is 2.09 bits per heavy atom. The lowest BCUT2D eigenvalue weighted by atomic mass is 9.91. The van der Waals surface area contributed by atoms with Crippen molar-refractivity contribution < 1.29 is 13.9 Å². The maximum Gasteiger partial charge on any atom is 0.410 e. The molecule has 122 valence electrons. The monoisotopic (exact) mass is 308 g/mol. The van der Waals surface area contributed by atoms with E-state index >= 15 is 0 Å². The fourth-order valence-electron chi connectivity index (χ4n) is 2.75. The number of carbonyl (C=O) groups excluding carboxylic acids is 1. The molecule has 0 aliphatic carbocycles. The highest BCUT2D eigenvalue weighted by Gasteiger charge is 2.35. The fourth-order valence-corrected chi connectivity index (χ4v) is 2.75. The minimum absolute atomic E-state index is 0.0383. The van der Waals surface area contributed by atoms with Crippen molar-refractivity contribution in [2.75, 3.05) is 6.54 Å². The van der Waals surface area contributed by atoms with E-state index in [0.29, 0.717) is 24.9 Å². The van der Waals surface area contributed by atoms with Gasteiger partial charge in [-0.05, 0) is 46.6 Å². The van der Waals surface area contributed by atoms with E-state index in [-0.39, 0.29) is 17.9 Å². The van der Waals surface area contributed by atoms with Gasteiger partial charge in [0.1, 0.15) is 11.4 Å². The van der Waals surface area contributed by atoms with E-state index in [1.807, 2.05) is 27.7 Å². The molecule has 1 saturated heterocycles. The Hall–Kier alpha value is -1.62. The second-order valence-corrected chi connectivity index (χ2v) is 7.00. The number of likely N-dealkylation sites (tertiary alicyclic amines) is 1. The molecule has 1 amide bonds. The smallest absolute Gasteiger partial charge is 0.410 e. The molecule has 0 aromatic heterocycles. The highest BCUT2D eigenvalue weighted by atomic mass is 19.1. The van der Waals surface area contributed by atoms with Crippen LogP contribution in [-0.4, -0.2) is 29.2 Å². The van der Waals surface area contributed by atoms with Crippen molar-refractivity contribution in [3.63, 3.8) is 0 Å². The summed E-state index contributed by atoms with van der Waals surface area (Å²) in [7, 11) is 0. The van der Waals surface area contributed by atoms with E-state index < -0.39 is 11.7 Å². The van der Waals surface area contributed by atoms with E-state index in [0.717, 1.165) is 5.56 Å². The maximum absolute atomic E-state index is 14.2. The van der Waals surface area contributed by atoms with Crippen LogP contribution in [0.2, 0.25) is 0 Å². The number of aryl methyl sites for hydroxylation is 1. The summed E-state index contributed by atoms with van der Waals surface area (Å²) in [5, 5.41) is 0. The van der Waals surface area contributed by atoms with Crippen LogP contribution in [0, 0.1) is 12.7 Å². The molecule has 2 rings (SSSR count). The Bertz CT molecular complexity index is 554. The van der Waals surface area contributed by atoms with Crippen LogP contribution in [-0.2, 0) is 4.74 Å². The lowest BCUT2D eigenvalue weighted by Gasteiger charge is -2.39. The number of amides is 1. The lowest BCUT2D eigenvalue weighted by Crippen LogP contribution is -2.47. The van der Waals surface area contributed by atoms with E-state index in [1.165, 1.54) is 6.07 Å². The zero-order valence-electron chi connectivity index (χ0n) is 13.7. The fraction of sp³-hybridized carbons (Fsp3) is 0.588. The molecule has 2 N–H and O–H groups in total. The van der Waals surface area contributed by atoms with Gasteiger partial charge < -0.3 is 15.4 Å². The van der Waals surface area contributed by atoms with Gasteiger partial charge in [0.2, 0.25) is 0 Å². The Morgan fingerprint density at radius 3 is 2.73 bits per heavy atom. The van der Waals surface area contributed by atoms with Crippen LogP contribution in [0.15, 0.2) is 18.2 Å². The second-order valence-electron chi connectivity index (χ2n) is 7.00. The third kappa shape index (κ3) is 3.97. The molecule has 0 saturated carbocycles. The molecule has 22 heavy (non-hydrogen) atoms. The van der Waals surface area contributed by atoms with E-state index in [2.05, 4.69) is 0 Å². The summed E-state index contributed by atoms with van der Waals surface area (Å²) in [4.78, 5) is 14.0. The first-order valence-electron chi connectivity index (χ1n) is 7.68. The van der Waals surface area contributed by atoms with Crippen molar-refractivity contribution in [1.82, 2.24) is 4.90 Å². The van der Waals surface area contributed by atoms with Crippen LogP contribution in [0.25, 0.3) is 0 Å². The summed E-state index contributed by atoms with van der Waals surface area (Å²) in [5.41, 5.74) is 6.93. The molecule has 2 unspecified atom stereocenters. The largest absolute Gasteiger partial charge is 0.444 e. The normalized spacial score (nSPS) is 22.5. The molecule has 1 aliphatic rings. The summed E-state index contributed by atoms with van der Waals surface area (Å²) < 4.78 is 19.7. The molecule has 0 radical (unpaired) electrons. The molecule has 1 heterocycles. The third-order valence-corrected chi connectivity index (χ3v) is 3.78. The van der Waals surface area contributed by atoms with Crippen molar-refractivity contribution in [2.24, 2.45) is 5.73 Å². The predicted octanol–water partition coefficient (Wildman–Crippen LogP) is 3.53. The Kier molecular flexibility index (Phi) is 4.75. The molecule has 5 heteroatoms. The minimum atomic E-state index is -0.577. The first-order valence-corrected chi connectivity index (χ1v) is 7.68. The third-order valence-electron chi connectivity index (χ3n) is 3.78. The number of carbonyl (C=O) groups is 1. The van der Waals surface area contributed by atoms with Gasteiger partial charge in [-0.2, -0.15) is 0 Å². The second kappa shape index (κ2) is 6.24. The quantitative estimate of drug-likeness (QED) is 0.863. The van der Waals surface area contributed by atoms with Gasteiger partial charge in [0.15, 0.2) is 0 Å². The van der Waals surface area contributed by atoms with Crippen molar-refractivity contribution in [3.8, 4) is 0 Å². The molecular formula is C17H25FN2O2. The molecule has 1 aromatic rings. The number of piperidine rings is 1. The van der Waals surface area contributed by atoms with Crippen molar-refractivity contribution >= 4 is 6.09 Å². The number of halogens is 1. The van der Waals surface area contributed by atoms with Crippen LogP contribution in [0.3, 0.4) is 0 Å². The van der Waals surface area contributed by atoms with Gasteiger partial charge in [0.05, 0.1) is 6.04 Å². The lowest BCUT2D eigenvalue weighted by molar-refractivity contribution is 0.00758. The van der Waals surface area contributed by atoms with Crippen molar-refractivity contribution in [2.45, 2.75) is 58.2 Å². The van der Waals surface area contributed by atoms with E-state index in [4.69, 9.17) is 10.5 Å². The Balaban J connectivity index is 2.31. The number of nitrogens with zero attached hydrogens (tertiary/aromatic N) is 1. The maximum atomic E-state index is 14.2. The molecular weight excluding hydrogens is 283 g/mol. The predicted molar refractivity (Wildman–Crippen MR) is 84.0 cm³/mol. The standard InChI is InChI=1S/C17H25FN2O2/c1-11-5-6-14(18)13(9-11)15-10-12(19)7-8-20(15)16(21)22-17(2,3)4/h5-6,9,12,15H,7-8,10,19H2,1-4H3. The minimum Gasteiger partial charge on any atom is -0.444 e. The summed E-state index contributed by atoms with van der Waals surface area (Å²) in [6, 6.07) is 4.54. The van der Waals surface area contributed by atoms with Crippen LogP contribution in [0.5, 0.6) is 0 Å². The van der Waals surface area contributed by atoms with Crippen LogP contribution in [0.1, 0.15) is 50.8 Å². The Labute approximate surface area is 131 Å². The number of rotatable bonds is 1. The SMILES string of the molecule is Cc1ccc(F)c(C2CC(N)CCN2C(=O)OC(C)(C)C)c1. The molecule has 1 fully saturated rings. The van der Waals surface area contributed by atoms with Gasteiger partial charge in [0.25, 0.3) is 0 Å². The van der Waals surface area contributed by atoms with Crippen LogP contribution < -0.4 is 5.73 Å². The molecule has 1 aliphatic heterocycles. The van der Waals surface area contributed by atoms with Gasteiger partial charge in [-0.1, -0.05) is 17.7 Å². The molecule has 4 nitrogen and oxygen atoms in total. The summed E-state index contributed by atoms with van der Waals surface area (Å²) >= 11 is 0. The molecule has 1 aromatic carbocycles. The highest BCUT2D eigenvalue weighted by Crippen LogP contribution is 2.33. The van der Waals surface area contributed by atoms with Gasteiger partial charge in [-0.25, -0.2) is 9.18 Å². The number of benzene rings is 1. The number of hydrogen-bond acceptors (Lipinski definition) is 3. The van der Waals surface area contributed by atoms with Gasteiger partial charge in [0, 0.05) is 18.2 Å². The summed E-state index contributed by atoms with van der Waals surface area (Å²) in [5.74, 6) is -0.307. The zero-order chi connectivity index (χ0) is 16.5. The Morgan fingerprint density at radius 1 is 1.41 bits per heavy atom. The molecule has 0 spiro atoms. The van der Waals surface area contributed by atoms with E-state index in [1.54, 1.807) is 17.0 Å². The number of ether oxygens (including phenoxy) is 1. The average Bonchev–Trinajstić information content (AvgIpc) is 2.39. The molecule has 0 bridgehead atoms. The summed E-state index contributed by atoms with van der Waals surface area (Å²) in [6.45, 7) is 7.85. The molecule has 2 atom stereocenters.